The maximum atomic E-state index is 12.9. The van der Waals surface area contributed by atoms with E-state index in [1.54, 1.807) is 17.0 Å². The van der Waals surface area contributed by atoms with Crippen molar-refractivity contribution in [1.82, 2.24) is 15.0 Å². The molecule has 3 heterocycles. The number of likely N-dealkylation sites (tertiary alicyclic amines) is 1. The molecule has 1 saturated heterocycles. The summed E-state index contributed by atoms with van der Waals surface area (Å²) >= 11 is 1.53. The van der Waals surface area contributed by atoms with Gasteiger partial charge in [-0.05, 0) is 30.4 Å². The van der Waals surface area contributed by atoms with E-state index < -0.39 is 4.92 Å². The number of carbonyl (C=O) groups is 1. The van der Waals surface area contributed by atoms with E-state index in [0.717, 1.165) is 17.7 Å². The number of rotatable bonds is 4. The Morgan fingerprint density at radius 1 is 1.30 bits per heavy atom. The lowest BCUT2D eigenvalue weighted by Crippen LogP contribution is -2.39. The van der Waals surface area contributed by atoms with Crippen LogP contribution < -0.4 is 0 Å². The van der Waals surface area contributed by atoms with E-state index in [0.29, 0.717) is 24.8 Å². The molecule has 1 fully saturated rings. The van der Waals surface area contributed by atoms with Gasteiger partial charge in [-0.2, -0.15) is 4.98 Å². The first-order valence-electron chi connectivity index (χ1n) is 8.53. The SMILES string of the molecule is O=C(c1ccccc1[N+](=O)[O-])N1CCCC(c2nc(-c3cccs3)no2)C1. The molecule has 1 amide bonds. The van der Waals surface area contributed by atoms with Crippen molar-refractivity contribution in [3.63, 3.8) is 0 Å². The fourth-order valence-corrected chi connectivity index (χ4v) is 3.90. The first-order chi connectivity index (χ1) is 13.1. The van der Waals surface area contributed by atoms with Crippen LogP contribution in [0.3, 0.4) is 0 Å². The Labute approximate surface area is 158 Å². The van der Waals surface area contributed by atoms with Crippen molar-refractivity contribution in [1.29, 1.82) is 0 Å². The largest absolute Gasteiger partial charge is 0.339 e. The molecule has 2 aromatic heterocycles. The van der Waals surface area contributed by atoms with Crippen LogP contribution >= 0.6 is 11.3 Å². The summed E-state index contributed by atoms with van der Waals surface area (Å²) in [5.41, 5.74) is -0.0738. The number of carbonyl (C=O) groups excluding carboxylic acids is 1. The first kappa shape index (κ1) is 17.3. The van der Waals surface area contributed by atoms with E-state index in [4.69, 9.17) is 4.52 Å². The van der Waals surface area contributed by atoms with Crippen molar-refractivity contribution in [2.45, 2.75) is 18.8 Å². The summed E-state index contributed by atoms with van der Waals surface area (Å²) < 4.78 is 5.42. The monoisotopic (exact) mass is 384 g/mol. The molecule has 4 rings (SSSR count). The smallest absolute Gasteiger partial charge is 0.282 e. The number of benzene rings is 1. The lowest BCUT2D eigenvalue weighted by atomic mass is 9.97. The number of para-hydroxylation sites is 1. The van der Waals surface area contributed by atoms with E-state index in [1.165, 1.54) is 23.5 Å². The standard InChI is InChI=1S/C18H16N4O4S/c23-18(13-6-1-2-7-14(13)22(24)25)21-9-3-5-12(11-21)17-19-16(20-26-17)15-8-4-10-27-15/h1-2,4,6-8,10,12H,3,5,9,11H2. The highest BCUT2D eigenvalue weighted by molar-refractivity contribution is 7.13. The fraction of sp³-hybridized carbons (Fsp3) is 0.278. The Hall–Kier alpha value is -3.07. The second-order valence-corrected chi connectivity index (χ2v) is 7.25. The molecule has 3 aromatic rings. The Bertz CT molecular complexity index is 969. The van der Waals surface area contributed by atoms with Crippen LogP contribution in [-0.2, 0) is 0 Å². The number of aromatic nitrogens is 2. The van der Waals surface area contributed by atoms with Crippen molar-refractivity contribution in [3.8, 4) is 10.7 Å². The second kappa shape index (κ2) is 7.28. The first-order valence-corrected chi connectivity index (χ1v) is 9.41. The molecule has 1 aliphatic rings. The maximum absolute atomic E-state index is 12.9. The summed E-state index contributed by atoms with van der Waals surface area (Å²) in [6.07, 6.45) is 1.60. The summed E-state index contributed by atoms with van der Waals surface area (Å²) in [5.74, 6) is 0.622. The van der Waals surface area contributed by atoms with Crippen LogP contribution in [0.1, 0.15) is 35.0 Å². The summed E-state index contributed by atoms with van der Waals surface area (Å²) in [5, 5.41) is 17.2. The van der Waals surface area contributed by atoms with Gasteiger partial charge in [0.15, 0.2) is 0 Å². The number of nitro benzene ring substituents is 1. The zero-order valence-corrected chi connectivity index (χ0v) is 15.1. The number of nitro groups is 1. The molecule has 1 atom stereocenters. The molecule has 0 N–H and O–H groups in total. The summed E-state index contributed by atoms with van der Waals surface area (Å²) in [6, 6.07) is 9.87. The third-order valence-corrected chi connectivity index (χ3v) is 5.44. The van der Waals surface area contributed by atoms with Gasteiger partial charge in [-0.3, -0.25) is 14.9 Å². The van der Waals surface area contributed by atoms with Gasteiger partial charge in [0.2, 0.25) is 11.7 Å². The van der Waals surface area contributed by atoms with E-state index in [-0.39, 0.29) is 23.1 Å². The van der Waals surface area contributed by atoms with Crippen LogP contribution in [0.4, 0.5) is 5.69 Å². The Morgan fingerprint density at radius 2 is 2.15 bits per heavy atom. The number of nitrogens with zero attached hydrogens (tertiary/aromatic N) is 4. The average molecular weight is 384 g/mol. The predicted molar refractivity (Wildman–Crippen MR) is 98.6 cm³/mol. The van der Waals surface area contributed by atoms with Crippen LogP contribution in [0.25, 0.3) is 10.7 Å². The number of thiophene rings is 1. The zero-order chi connectivity index (χ0) is 18.8. The van der Waals surface area contributed by atoms with Crippen LogP contribution in [0.15, 0.2) is 46.3 Å². The summed E-state index contributed by atoms with van der Waals surface area (Å²) in [7, 11) is 0. The summed E-state index contributed by atoms with van der Waals surface area (Å²) in [4.78, 5) is 30.6. The maximum Gasteiger partial charge on any atom is 0.282 e. The van der Waals surface area contributed by atoms with Gasteiger partial charge in [-0.15, -0.1) is 11.3 Å². The Kier molecular flexibility index (Phi) is 4.68. The molecular weight excluding hydrogens is 368 g/mol. The zero-order valence-electron chi connectivity index (χ0n) is 14.3. The fourth-order valence-electron chi connectivity index (χ4n) is 3.25. The Balaban J connectivity index is 1.53. The van der Waals surface area contributed by atoms with Crippen LogP contribution in [0.2, 0.25) is 0 Å². The molecule has 0 spiro atoms. The third-order valence-electron chi connectivity index (χ3n) is 4.57. The van der Waals surface area contributed by atoms with Gasteiger partial charge in [0.05, 0.1) is 15.7 Å². The van der Waals surface area contributed by atoms with E-state index in [1.807, 2.05) is 17.5 Å². The van der Waals surface area contributed by atoms with Crippen molar-refractivity contribution in [3.05, 3.63) is 63.3 Å². The van der Waals surface area contributed by atoms with Crippen LogP contribution in [0.5, 0.6) is 0 Å². The molecule has 1 aromatic carbocycles. The topological polar surface area (TPSA) is 102 Å². The molecule has 0 bridgehead atoms. The molecule has 27 heavy (non-hydrogen) atoms. The van der Waals surface area contributed by atoms with Gasteiger partial charge in [0.1, 0.15) is 5.56 Å². The highest BCUT2D eigenvalue weighted by Gasteiger charge is 2.31. The molecule has 0 saturated carbocycles. The van der Waals surface area contributed by atoms with E-state index in [9.17, 15) is 14.9 Å². The van der Waals surface area contributed by atoms with Crippen molar-refractivity contribution >= 4 is 22.9 Å². The lowest BCUT2D eigenvalue weighted by molar-refractivity contribution is -0.385. The van der Waals surface area contributed by atoms with Crippen LogP contribution in [0, 0.1) is 10.1 Å². The minimum atomic E-state index is -0.528. The van der Waals surface area contributed by atoms with E-state index >= 15 is 0 Å². The predicted octanol–water partition coefficient (Wildman–Crippen LogP) is 3.73. The molecule has 1 unspecified atom stereocenters. The minimum absolute atomic E-state index is 0.0771. The van der Waals surface area contributed by atoms with Gasteiger partial charge in [0.25, 0.3) is 11.6 Å². The van der Waals surface area contributed by atoms with Gasteiger partial charge < -0.3 is 9.42 Å². The minimum Gasteiger partial charge on any atom is -0.339 e. The average Bonchev–Trinajstić information content (AvgIpc) is 3.39. The number of amides is 1. The molecule has 8 nitrogen and oxygen atoms in total. The molecular formula is C18H16N4O4S. The Morgan fingerprint density at radius 3 is 2.93 bits per heavy atom. The normalized spacial score (nSPS) is 17.0. The molecule has 9 heteroatoms. The molecule has 0 radical (unpaired) electrons. The van der Waals surface area contributed by atoms with Crippen LogP contribution in [-0.4, -0.2) is 39.0 Å². The number of piperidine rings is 1. The quantitative estimate of drug-likeness (QED) is 0.502. The highest BCUT2D eigenvalue weighted by Crippen LogP contribution is 2.30. The van der Waals surface area contributed by atoms with Crippen molar-refractivity contribution < 1.29 is 14.2 Å². The molecule has 0 aliphatic carbocycles. The molecule has 138 valence electrons. The van der Waals surface area contributed by atoms with Crippen molar-refractivity contribution in [2.24, 2.45) is 0 Å². The van der Waals surface area contributed by atoms with Gasteiger partial charge in [-0.25, -0.2) is 0 Å². The number of hydrogen-bond acceptors (Lipinski definition) is 7. The van der Waals surface area contributed by atoms with Gasteiger partial charge >= 0.3 is 0 Å². The van der Waals surface area contributed by atoms with Gasteiger partial charge in [0, 0.05) is 19.2 Å². The number of hydrogen-bond donors (Lipinski definition) is 0. The second-order valence-electron chi connectivity index (χ2n) is 6.30. The summed E-state index contributed by atoms with van der Waals surface area (Å²) in [6.45, 7) is 0.949. The molecule has 1 aliphatic heterocycles. The van der Waals surface area contributed by atoms with Crippen molar-refractivity contribution in [2.75, 3.05) is 13.1 Å². The highest BCUT2D eigenvalue weighted by atomic mass is 32.1. The van der Waals surface area contributed by atoms with Gasteiger partial charge in [-0.1, -0.05) is 23.4 Å². The lowest BCUT2D eigenvalue weighted by Gasteiger charge is -2.30. The van der Waals surface area contributed by atoms with E-state index in [2.05, 4.69) is 10.1 Å². The third kappa shape index (κ3) is 3.45.